The van der Waals surface area contributed by atoms with Gasteiger partial charge in [-0.05, 0) is 37.5 Å². The fraction of sp³-hybridized carbons (Fsp3) is 0.900. The van der Waals surface area contributed by atoms with Gasteiger partial charge in [-0.25, -0.2) is 0 Å². The van der Waals surface area contributed by atoms with Crippen molar-refractivity contribution in [3.05, 3.63) is 0 Å². The number of carbonyl (C=O) groups excluding carboxylic acids is 1. The lowest BCUT2D eigenvalue weighted by Gasteiger charge is -2.30. The number of fused-ring (bicyclic) bond motifs is 2. The van der Waals surface area contributed by atoms with E-state index in [1.807, 2.05) is 0 Å². The second-order valence-electron chi connectivity index (χ2n) is 4.28. The van der Waals surface area contributed by atoms with Crippen LogP contribution in [0.5, 0.6) is 0 Å². The van der Waals surface area contributed by atoms with Crippen LogP contribution in [0.1, 0.15) is 39.0 Å². The smallest absolute Gasteiger partial charge is 0.126 e. The van der Waals surface area contributed by atoms with E-state index in [4.69, 9.17) is 0 Å². The number of carbonyl (C=O) groups is 1. The number of rotatable bonds is 2. The Bertz CT molecular complexity index is 176. The normalized spacial score (nSPS) is 48.1. The van der Waals surface area contributed by atoms with E-state index in [9.17, 15) is 4.79 Å². The summed E-state index contributed by atoms with van der Waals surface area (Å²) < 4.78 is 0. The highest BCUT2D eigenvalue weighted by atomic mass is 16.1. The van der Waals surface area contributed by atoms with Gasteiger partial charge in [-0.1, -0.05) is 13.3 Å². The van der Waals surface area contributed by atoms with Gasteiger partial charge in [-0.2, -0.15) is 0 Å². The maximum Gasteiger partial charge on any atom is 0.126 e. The molecule has 3 atom stereocenters. The predicted octanol–water partition coefficient (Wildman–Crippen LogP) is 2.40. The molecule has 0 aromatic heterocycles. The molecule has 0 radical (unpaired) electrons. The monoisotopic (exact) mass is 152 g/mol. The van der Waals surface area contributed by atoms with E-state index >= 15 is 0 Å². The first kappa shape index (κ1) is 7.33. The van der Waals surface area contributed by atoms with E-state index in [0.717, 1.165) is 18.3 Å². The van der Waals surface area contributed by atoms with Gasteiger partial charge in [0.1, 0.15) is 6.29 Å². The zero-order valence-electron chi connectivity index (χ0n) is 7.18. The molecule has 0 spiro atoms. The molecular weight excluding hydrogens is 136 g/mol. The van der Waals surface area contributed by atoms with Gasteiger partial charge < -0.3 is 4.79 Å². The van der Waals surface area contributed by atoms with Gasteiger partial charge in [-0.15, -0.1) is 0 Å². The lowest BCUT2D eigenvalue weighted by atomic mass is 9.72. The van der Waals surface area contributed by atoms with Crippen LogP contribution in [-0.2, 0) is 4.79 Å². The summed E-state index contributed by atoms with van der Waals surface area (Å²) in [5.74, 6) is 1.64. The Kier molecular flexibility index (Phi) is 1.55. The predicted molar refractivity (Wildman–Crippen MR) is 44.2 cm³/mol. The summed E-state index contributed by atoms with van der Waals surface area (Å²) in [7, 11) is 0. The molecule has 0 aromatic carbocycles. The molecule has 0 aromatic rings. The van der Waals surface area contributed by atoms with Gasteiger partial charge in [0.2, 0.25) is 0 Å². The van der Waals surface area contributed by atoms with Crippen LogP contribution in [0.3, 0.4) is 0 Å². The summed E-state index contributed by atoms with van der Waals surface area (Å²) >= 11 is 0. The van der Waals surface area contributed by atoms with E-state index in [2.05, 4.69) is 6.92 Å². The van der Waals surface area contributed by atoms with Gasteiger partial charge in [0.25, 0.3) is 0 Å². The highest BCUT2D eigenvalue weighted by molar-refractivity contribution is 5.61. The molecule has 0 amide bonds. The summed E-state index contributed by atoms with van der Waals surface area (Å²) in [6.45, 7) is 2.16. The average Bonchev–Trinajstić information content (AvgIpc) is 2.62. The minimum Gasteiger partial charge on any atom is -0.303 e. The third-order valence-corrected chi connectivity index (χ3v) is 3.92. The standard InChI is InChI=1S/C10H16O/c1-2-10(7-11)6-8-3-4-9(10)5-8/h7-9H,2-6H2,1H3. The molecule has 0 saturated heterocycles. The van der Waals surface area contributed by atoms with Crippen molar-refractivity contribution in [1.29, 1.82) is 0 Å². The Hall–Kier alpha value is -0.330. The molecule has 0 heterocycles. The largest absolute Gasteiger partial charge is 0.303 e. The van der Waals surface area contributed by atoms with E-state index in [1.165, 1.54) is 32.0 Å². The topological polar surface area (TPSA) is 17.1 Å². The first-order chi connectivity index (χ1) is 5.30. The SMILES string of the molecule is CCC1(C=O)CC2CCC1C2. The summed E-state index contributed by atoms with van der Waals surface area (Å²) in [6.07, 6.45) is 7.55. The summed E-state index contributed by atoms with van der Waals surface area (Å²) in [4.78, 5) is 11.0. The number of hydrogen-bond donors (Lipinski definition) is 0. The van der Waals surface area contributed by atoms with Crippen molar-refractivity contribution in [3.63, 3.8) is 0 Å². The van der Waals surface area contributed by atoms with Crippen LogP contribution in [-0.4, -0.2) is 6.29 Å². The third-order valence-electron chi connectivity index (χ3n) is 3.92. The Morgan fingerprint density at radius 3 is 2.64 bits per heavy atom. The Balaban J connectivity index is 2.20. The maximum absolute atomic E-state index is 11.0. The highest BCUT2D eigenvalue weighted by Gasteiger charge is 2.49. The van der Waals surface area contributed by atoms with Gasteiger partial charge in [-0.3, -0.25) is 0 Å². The highest BCUT2D eigenvalue weighted by Crippen LogP contribution is 2.56. The van der Waals surface area contributed by atoms with E-state index in [1.54, 1.807) is 0 Å². The minimum atomic E-state index is 0.114. The van der Waals surface area contributed by atoms with Crippen LogP contribution in [0.25, 0.3) is 0 Å². The fourth-order valence-electron chi connectivity index (χ4n) is 3.15. The molecule has 0 N–H and O–H groups in total. The number of aldehydes is 1. The minimum absolute atomic E-state index is 0.114. The lowest BCUT2D eigenvalue weighted by Crippen LogP contribution is -2.28. The summed E-state index contributed by atoms with van der Waals surface area (Å²) in [5, 5.41) is 0. The molecule has 1 heteroatoms. The molecule has 3 unspecified atom stereocenters. The first-order valence-corrected chi connectivity index (χ1v) is 4.77. The molecule has 1 nitrogen and oxygen atoms in total. The van der Waals surface area contributed by atoms with Crippen molar-refractivity contribution in [2.24, 2.45) is 17.3 Å². The Morgan fingerprint density at radius 1 is 1.55 bits per heavy atom. The van der Waals surface area contributed by atoms with Crippen molar-refractivity contribution in [1.82, 2.24) is 0 Å². The molecule has 62 valence electrons. The molecule has 11 heavy (non-hydrogen) atoms. The second-order valence-corrected chi connectivity index (χ2v) is 4.28. The van der Waals surface area contributed by atoms with Crippen molar-refractivity contribution in [3.8, 4) is 0 Å². The number of hydrogen-bond acceptors (Lipinski definition) is 1. The molecule has 2 fully saturated rings. The Morgan fingerprint density at radius 2 is 2.36 bits per heavy atom. The van der Waals surface area contributed by atoms with Crippen LogP contribution >= 0.6 is 0 Å². The molecule has 0 aliphatic heterocycles. The van der Waals surface area contributed by atoms with Crippen LogP contribution < -0.4 is 0 Å². The fourth-order valence-corrected chi connectivity index (χ4v) is 3.15. The van der Waals surface area contributed by atoms with Gasteiger partial charge in [0, 0.05) is 5.41 Å². The van der Waals surface area contributed by atoms with Crippen molar-refractivity contribution in [2.45, 2.75) is 39.0 Å². The van der Waals surface area contributed by atoms with E-state index in [0.29, 0.717) is 0 Å². The second kappa shape index (κ2) is 2.33. The first-order valence-electron chi connectivity index (χ1n) is 4.77. The zero-order chi connectivity index (χ0) is 7.90. The maximum atomic E-state index is 11.0. The van der Waals surface area contributed by atoms with Gasteiger partial charge in [0.05, 0.1) is 0 Å². The van der Waals surface area contributed by atoms with Crippen molar-refractivity contribution >= 4 is 6.29 Å². The summed E-state index contributed by atoms with van der Waals surface area (Å²) in [6, 6.07) is 0. The summed E-state index contributed by atoms with van der Waals surface area (Å²) in [5.41, 5.74) is 0.114. The van der Waals surface area contributed by atoms with Crippen LogP contribution in [0, 0.1) is 17.3 Å². The molecule has 2 bridgehead atoms. The quantitative estimate of drug-likeness (QED) is 0.555. The van der Waals surface area contributed by atoms with Crippen molar-refractivity contribution < 1.29 is 4.79 Å². The van der Waals surface area contributed by atoms with E-state index < -0.39 is 0 Å². The molecule has 2 saturated carbocycles. The molecular formula is C10H16O. The molecule has 2 aliphatic rings. The van der Waals surface area contributed by atoms with Gasteiger partial charge >= 0.3 is 0 Å². The zero-order valence-corrected chi connectivity index (χ0v) is 7.18. The van der Waals surface area contributed by atoms with Crippen LogP contribution in [0.4, 0.5) is 0 Å². The van der Waals surface area contributed by atoms with Crippen LogP contribution in [0.15, 0.2) is 0 Å². The van der Waals surface area contributed by atoms with Crippen molar-refractivity contribution in [2.75, 3.05) is 0 Å². The Labute approximate surface area is 68.2 Å². The van der Waals surface area contributed by atoms with Gasteiger partial charge in [0.15, 0.2) is 0 Å². The molecule has 2 aliphatic carbocycles. The molecule has 2 rings (SSSR count). The van der Waals surface area contributed by atoms with Crippen LogP contribution in [0.2, 0.25) is 0 Å². The van der Waals surface area contributed by atoms with E-state index in [-0.39, 0.29) is 5.41 Å². The average molecular weight is 152 g/mol. The third kappa shape index (κ3) is 0.863. The lowest BCUT2D eigenvalue weighted by molar-refractivity contribution is -0.119.